The molecule has 7 nitrogen and oxygen atoms in total. The Bertz CT molecular complexity index is 1270. The normalized spacial score (nSPS) is 17.6. The van der Waals surface area contributed by atoms with Crippen molar-refractivity contribution in [2.45, 2.75) is 45.1 Å². The van der Waals surface area contributed by atoms with E-state index in [1.807, 2.05) is 43.3 Å². The lowest BCUT2D eigenvalue weighted by Crippen LogP contribution is -2.37. The van der Waals surface area contributed by atoms with E-state index in [-0.39, 0.29) is 18.0 Å². The Morgan fingerprint density at radius 2 is 1.69 bits per heavy atom. The predicted octanol–water partition coefficient (Wildman–Crippen LogP) is 6.01. The molecule has 1 atom stereocenters. The molecule has 0 saturated carbocycles. The van der Waals surface area contributed by atoms with Crippen molar-refractivity contribution < 1.29 is 14.3 Å². The molecule has 2 fully saturated rings. The number of hydrogen-bond donors (Lipinski definition) is 3. The zero-order chi connectivity index (χ0) is 27.0. The van der Waals surface area contributed by atoms with Gasteiger partial charge in [-0.3, -0.25) is 4.79 Å². The van der Waals surface area contributed by atoms with Crippen molar-refractivity contribution >= 4 is 29.0 Å². The highest BCUT2D eigenvalue weighted by atomic mass is 16.5. The number of anilines is 3. The first-order valence-corrected chi connectivity index (χ1v) is 14.0. The molecule has 0 bridgehead atoms. The van der Waals surface area contributed by atoms with Gasteiger partial charge < -0.3 is 25.6 Å². The van der Waals surface area contributed by atoms with E-state index in [9.17, 15) is 9.59 Å². The van der Waals surface area contributed by atoms with Crippen LogP contribution in [0.4, 0.5) is 21.9 Å². The zero-order valence-corrected chi connectivity index (χ0v) is 22.6. The Hall–Kier alpha value is -3.84. The smallest absolute Gasteiger partial charge is 0.323 e. The second kappa shape index (κ2) is 12.8. The molecule has 2 aliphatic rings. The van der Waals surface area contributed by atoms with Gasteiger partial charge in [0.15, 0.2) is 0 Å². The molecule has 2 aliphatic heterocycles. The highest BCUT2D eigenvalue weighted by molar-refractivity contribution is 6.04. The van der Waals surface area contributed by atoms with Crippen LogP contribution in [0.3, 0.4) is 0 Å². The molecule has 2 heterocycles. The van der Waals surface area contributed by atoms with E-state index in [2.05, 4.69) is 51.2 Å². The van der Waals surface area contributed by atoms with Crippen molar-refractivity contribution in [3.05, 3.63) is 89.5 Å². The number of benzene rings is 3. The second-order valence-corrected chi connectivity index (χ2v) is 10.6. The van der Waals surface area contributed by atoms with Gasteiger partial charge in [0.1, 0.15) is 0 Å². The minimum atomic E-state index is -0.343. The minimum absolute atomic E-state index is 0.0623. The molecular formula is C32H38N4O3. The van der Waals surface area contributed by atoms with Gasteiger partial charge in [-0.25, -0.2) is 4.79 Å². The number of nitrogens with one attached hydrogen (secondary N) is 3. The lowest BCUT2D eigenvalue weighted by molar-refractivity contribution is 0.0858. The standard InChI is InChI=1S/C32H38N4O3/c1-23-8-5-6-12-29(23)35-32(38)34-26-13-14-30(28(21-26)31(37)33-22-27-11-7-19-39-27)36-17-15-25(16-18-36)20-24-9-3-2-4-10-24/h2-6,8-10,12-14,21,25,27H,7,11,15-20,22H2,1H3,(H,33,37)(H2,34,35,38)/t27-/m1/s1. The van der Waals surface area contributed by atoms with Crippen LogP contribution in [-0.2, 0) is 11.2 Å². The number of hydrogen-bond acceptors (Lipinski definition) is 4. The van der Waals surface area contributed by atoms with Crippen LogP contribution in [-0.4, -0.2) is 44.3 Å². The van der Waals surface area contributed by atoms with Gasteiger partial charge in [-0.1, -0.05) is 48.5 Å². The quantitative estimate of drug-likeness (QED) is 0.336. The predicted molar refractivity (Wildman–Crippen MR) is 157 cm³/mol. The topological polar surface area (TPSA) is 82.7 Å². The number of para-hydroxylation sites is 1. The average molecular weight is 527 g/mol. The third-order valence-corrected chi connectivity index (χ3v) is 7.73. The van der Waals surface area contributed by atoms with Crippen LogP contribution in [0.25, 0.3) is 0 Å². The summed E-state index contributed by atoms with van der Waals surface area (Å²) in [5.74, 6) is 0.487. The van der Waals surface area contributed by atoms with E-state index in [0.717, 1.165) is 68.7 Å². The van der Waals surface area contributed by atoms with E-state index in [1.165, 1.54) is 5.56 Å². The summed E-state index contributed by atoms with van der Waals surface area (Å²) in [6, 6.07) is 23.6. The van der Waals surface area contributed by atoms with Gasteiger partial charge in [0.2, 0.25) is 0 Å². The Morgan fingerprint density at radius 1 is 0.923 bits per heavy atom. The zero-order valence-electron chi connectivity index (χ0n) is 22.6. The summed E-state index contributed by atoms with van der Waals surface area (Å²) >= 11 is 0. The molecule has 3 aromatic rings. The molecule has 0 aliphatic carbocycles. The molecule has 3 amide bonds. The number of carbonyl (C=O) groups excluding carboxylic acids is 2. The van der Waals surface area contributed by atoms with Crippen LogP contribution in [0.5, 0.6) is 0 Å². The number of carbonyl (C=O) groups is 2. The lowest BCUT2D eigenvalue weighted by atomic mass is 9.89. The Morgan fingerprint density at radius 3 is 2.44 bits per heavy atom. The second-order valence-electron chi connectivity index (χ2n) is 10.6. The number of piperidine rings is 1. The van der Waals surface area contributed by atoms with Gasteiger partial charge in [-0.2, -0.15) is 0 Å². The fourth-order valence-corrected chi connectivity index (χ4v) is 5.50. The molecule has 2 saturated heterocycles. The van der Waals surface area contributed by atoms with Crippen LogP contribution in [0.1, 0.15) is 47.2 Å². The summed E-state index contributed by atoms with van der Waals surface area (Å²) in [5.41, 5.74) is 5.16. The Labute approximate surface area is 230 Å². The van der Waals surface area contributed by atoms with Crippen LogP contribution < -0.4 is 20.9 Å². The van der Waals surface area contributed by atoms with Gasteiger partial charge in [-0.15, -0.1) is 0 Å². The minimum Gasteiger partial charge on any atom is -0.376 e. The van der Waals surface area contributed by atoms with Gasteiger partial charge in [0.05, 0.1) is 11.7 Å². The molecule has 7 heteroatoms. The Kier molecular flexibility index (Phi) is 8.78. The Balaban J connectivity index is 1.28. The van der Waals surface area contributed by atoms with E-state index in [1.54, 1.807) is 6.07 Å². The molecule has 0 radical (unpaired) electrons. The molecule has 0 spiro atoms. The van der Waals surface area contributed by atoms with Crippen molar-refractivity contribution in [1.29, 1.82) is 0 Å². The van der Waals surface area contributed by atoms with Gasteiger partial charge in [-0.05, 0) is 80.3 Å². The average Bonchev–Trinajstić information content (AvgIpc) is 3.48. The first-order chi connectivity index (χ1) is 19.0. The van der Waals surface area contributed by atoms with Crippen LogP contribution in [0, 0.1) is 12.8 Å². The van der Waals surface area contributed by atoms with Gasteiger partial charge >= 0.3 is 6.03 Å². The number of rotatable bonds is 8. The monoisotopic (exact) mass is 526 g/mol. The third-order valence-electron chi connectivity index (χ3n) is 7.73. The molecule has 5 rings (SSSR count). The van der Waals surface area contributed by atoms with Crippen LogP contribution >= 0.6 is 0 Å². The summed E-state index contributed by atoms with van der Waals surface area (Å²) < 4.78 is 5.70. The van der Waals surface area contributed by atoms with E-state index in [4.69, 9.17) is 4.74 Å². The van der Waals surface area contributed by atoms with Gasteiger partial charge in [0, 0.05) is 43.3 Å². The maximum atomic E-state index is 13.4. The molecule has 0 aromatic heterocycles. The van der Waals surface area contributed by atoms with Crippen molar-refractivity contribution in [2.75, 3.05) is 41.8 Å². The SMILES string of the molecule is Cc1ccccc1NC(=O)Nc1ccc(N2CCC(Cc3ccccc3)CC2)c(C(=O)NC[C@H]2CCCO2)c1. The summed E-state index contributed by atoms with van der Waals surface area (Å²) in [5, 5.41) is 8.87. The molecular weight excluding hydrogens is 488 g/mol. The molecule has 3 aromatic carbocycles. The van der Waals surface area contributed by atoms with Crippen molar-refractivity contribution in [3.63, 3.8) is 0 Å². The first kappa shape index (κ1) is 26.8. The maximum Gasteiger partial charge on any atom is 0.323 e. The molecule has 3 N–H and O–H groups in total. The highest BCUT2D eigenvalue weighted by Gasteiger charge is 2.25. The first-order valence-electron chi connectivity index (χ1n) is 14.0. The largest absolute Gasteiger partial charge is 0.376 e. The summed E-state index contributed by atoms with van der Waals surface area (Å²) in [7, 11) is 0. The number of nitrogens with zero attached hydrogens (tertiary/aromatic N) is 1. The molecule has 204 valence electrons. The summed E-state index contributed by atoms with van der Waals surface area (Å²) in [6.45, 7) is 4.97. The number of urea groups is 1. The van der Waals surface area contributed by atoms with E-state index >= 15 is 0 Å². The number of aryl methyl sites for hydroxylation is 1. The fourth-order valence-electron chi connectivity index (χ4n) is 5.50. The van der Waals surface area contributed by atoms with Crippen molar-refractivity contribution in [1.82, 2.24) is 5.32 Å². The summed E-state index contributed by atoms with van der Waals surface area (Å²) in [6.07, 6.45) is 5.28. The van der Waals surface area contributed by atoms with E-state index in [0.29, 0.717) is 23.7 Å². The van der Waals surface area contributed by atoms with Gasteiger partial charge in [0.25, 0.3) is 5.91 Å². The summed E-state index contributed by atoms with van der Waals surface area (Å²) in [4.78, 5) is 28.5. The van der Waals surface area contributed by atoms with Crippen LogP contribution in [0.15, 0.2) is 72.8 Å². The molecule has 0 unspecified atom stereocenters. The molecule has 39 heavy (non-hydrogen) atoms. The fraction of sp³-hybridized carbons (Fsp3) is 0.375. The van der Waals surface area contributed by atoms with Crippen molar-refractivity contribution in [2.24, 2.45) is 5.92 Å². The highest BCUT2D eigenvalue weighted by Crippen LogP contribution is 2.30. The number of amides is 3. The third kappa shape index (κ3) is 7.18. The van der Waals surface area contributed by atoms with Crippen molar-refractivity contribution in [3.8, 4) is 0 Å². The number of ether oxygens (including phenoxy) is 1. The maximum absolute atomic E-state index is 13.4. The van der Waals surface area contributed by atoms with Crippen LogP contribution in [0.2, 0.25) is 0 Å². The van der Waals surface area contributed by atoms with E-state index < -0.39 is 0 Å². The lowest BCUT2D eigenvalue weighted by Gasteiger charge is -2.35.